The van der Waals surface area contributed by atoms with Gasteiger partial charge in [-0.1, -0.05) is 17.8 Å². The first kappa shape index (κ1) is 16.0. The molecule has 9 heteroatoms. The van der Waals surface area contributed by atoms with Crippen molar-refractivity contribution in [3.05, 3.63) is 23.9 Å². The van der Waals surface area contributed by atoms with Crippen molar-refractivity contribution in [2.45, 2.75) is 6.92 Å². The zero-order valence-electron chi connectivity index (χ0n) is 11.8. The summed E-state index contributed by atoms with van der Waals surface area (Å²) in [5.74, 6) is -1.60. The first-order valence-electron chi connectivity index (χ1n) is 6.47. The van der Waals surface area contributed by atoms with Gasteiger partial charge >= 0.3 is 11.8 Å². The molecule has 2 N–H and O–H groups in total. The molecule has 1 aromatic rings. The first-order valence-corrected chi connectivity index (χ1v) is 7.46. The molecule has 116 valence electrons. The van der Waals surface area contributed by atoms with Crippen LogP contribution in [0.5, 0.6) is 0 Å². The average molecular weight is 322 g/mol. The number of rotatable bonds is 4. The van der Waals surface area contributed by atoms with Crippen LogP contribution in [0, 0.1) is 6.92 Å². The quantitative estimate of drug-likeness (QED) is 0.763. The van der Waals surface area contributed by atoms with Crippen LogP contribution in [0.1, 0.15) is 5.69 Å². The van der Waals surface area contributed by atoms with Gasteiger partial charge in [0, 0.05) is 18.8 Å². The fraction of sp³-hybridized carbons (Fsp3) is 0.308. The molecule has 22 heavy (non-hydrogen) atoms. The number of amides is 4. The van der Waals surface area contributed by atoms with E-state index in [1.807, 2.05) is 0 Å². The van der Waals surface area contributed by atoms with Crippen molar-refractivity contribution in [1.29, 1.82) is 0 Å². The number of nitrogens with one attached hydrogen (secondary N) is 2. The highest BCUT2D eigenvalue weighted by molar-refractivity contribution is 8.14. The summed E-state index contributed by atoms with van der Waals surface area (Å²) in [5.41, 5.74) is 0.710. The van der Waals surface area contributed by atoms with Gasteiger partial charge in [-0.05, 0) is 19.1 Å². The third-order valence-corrected chi connectivity index (χ3v) is 3.66. The molecular formula is C13H14N4O4S. The molecule has 0 radical (unpaired) electrons. The second-order valence-electron chi connectivity index (χ2n) is 4.47. The van der Waals surface area contributed by atoms with E-state index in [9.17, 15) is 19.2 Å². The lowest BCUT2D eigenvalue weighted by Gasteiger charge is -2.12. The van der Waals surface area contributed by atoms with E-state index in [-0.39, 0.29) is 35.8 Å². The highest BCUT2D eigenvalue weighted by atomic mass is 32.2. The summed E-state index contributed by atoms with van der Waals surface area (Å²) in [6, 6.07) is 5.03. The summed E-state index contributed by atoms with van der Waals surface area (Å²) in [4.78, 5) is 51.1. The molecule has 0 spiro atoms. The number of hydrogen-bond acceptors (Lipinski definition) is 6. The van der Waals surface area contributed by atoms with Crippen LogP contribution in [0.4, 0.5) is 10.6 Å². The van der Waals surface area contributed by atoms with Crippen LogP contribution in [-0.4, -0.2) is 51.7 Å². The Morgan fingerprint density at radius 1 is 1.32 bits per heavy atom. The number of carbonyl (C=O) groups is 4. The van der Waals surface area contributed by atoms with Gasteiger partial charge in [0.2, 0.25) is 5.91 Å². The predicted molar refractivity (Wildman–Crippen MR) is 80.2 cm³/mol. The van der Waals surface area contributed by atoms with E-state index >= 15 is 0 Å². The summed E-state index contributed by atoms with van der Waals surface area (Å²) >= 11 is 0.919. The van der Waals surface area contributed by atoms with E-state index in [0.717, 1.165) is 16.7 Å². The number of thioether (sulfide) groups is 1. The summed E-state index contributed by atoms with van der Waals surface area (Å²) in [7, 11) is 0. The van der Waals surface area contributed by atoms with Crippen LogP contribution in [0.25, 0.3) is 0 Å². The summed E-state index contributed by atoms with van der Waals surface area (Å²) in [6.45, 7) is 1.83. The molecule has 1 fully saturated rings. The van der Waals surface area contributed by atoms with Gasteiger partial charge in [-0.2, -0.15) is 0 Å². The van der Waals surface area contributed by atoms with Gasteiger partial charge in [-0.15, -0.1) is 0 Å². The van der Waals surface area contributed by atoms with E-state index in [1.54, 1.807) is 25.1 Å². The third kappa shape index (κ3) is 4.04. The molecule has 2 heterocycles. The maximum absolute atomic E-state index is 11.7. The maximum Gasteiger partial charge on any atom is 0.314 e. The number of anilines is 1. The molecule has 0 unspecified atom stereocenters. The molecule has 0 saturated carbocycles. The molecular weight excluding hydrogens is 308 g/mol. The number of carbonyl (C=O) groups excluding carboxylic acids is 4. The summed E-state index contributed by atoms with van der Waals surface area (Å²) in [6.07, 6.45) is 0. The largest absolute Gasteiger partial charge is 0.346 e. The molecule has 0 atom stereocenters. The molecule has 1 aromatic heterocycles. The molecule has 1 aliphatic heterocycles. The van der Waals surface area contributed by atoms with Crippen LogP contribution in [-0.2, 0) is 14.4 Å². The highest BCUT2D eigenvalue weighted by Crippen LogP contribution is 2.17. The van der Waals surface area contributed by atoms with Gasteiger partial charge in [0.15, 0.2) is 0 Å². The number of aryl methyl sites for hydroxylation is 1. The molecule has 0 aliphatic carbocycles. The monoisotopic (exact) mass is 322 g/mol. The fourth-order valence-electron chi connectivity index (χ4n) is 1.74. The van der Waals surface area contributed by atoms with Crippen LogP contribution in [0.3, 0.4) is 0 Å². The lowest BCUT2D eigenvalue weighted by molar-refractivity contribution is -0.136. The average Bonchev–Trinajstić information content (AvgIpc) is 2.78. The van der Waals surface area contributed by atoms with Crippen molar-refractivity contribution in [2.75, 3.05) is 24.2 Å². The minimum absolute atomic E-state index is 0.0194. The predicted octanol–water partition coefficient (Wildman–Crippen LogP) is 0.140. The zero-order chi connectivity index (χ0) is 16.1. The van der Waals surface area contributed by atoms with Crippen LogP contribution < -0.4 is 10.6 Å². The van der Waals surface area contributed by atoms with E-state index in [0.29, 0.717) is 5.69 Å². The fourth-order valence-corrected chi connectivity index (χ4v) is 2.50. The molecule has 1 aliphatic rings. The number of hydrogen-bond donors (Lipinski definition) is 2. The molecule has 0 bridgehead atoms. The van der Waals surface area contributed by atoms with E-state index < -0.39 is 11.8 Å². The zero-order valence-corrected chi connectivity index (χ0v) is 12.6. The minimum atomic E-state index is -0.855. The second-order valence-corrected chi connectivity index (χ2v) is 5.40. The number of aromatic nitrogens is 1. The number of nitrogens with zero attached hydrogens (tertiary/aromatic N) is 2. The van der Waals surface area contributed by atoms with Crippen molar-refractivity contribution in [1.82, 2.24) is 15.2 Å². The Labute approximate surface area is 130 Å². The molecule has 8 nitrogen and oxygen atoms in total. The topological polar surface area (TPSA) is 108 Å². The standard InChI is InChI=1S/C13H14N4O4S/c1-8-3-2-4-9(15-8)16-12(20)11(19)14-5-6-17-10(18)7-22-13(17)21/h2-4H,5-7H2,1H3,(H,14,19)(H,15,16,20). The number of pyridine rings is 1. The Bertz CT molecular complexity index is 618. The van der Waals surface area contributed by atoms with Gasteiger partial charge in [0.05, 0.1) is 5.75 Å². The van der Waals surface area contributed by atoms with Crippen LogP contribution in [0.2, 0.25) is 0 Å². The Balaban J connectivity index is 1.78. The smallest absolute Gasteiger partial charge is 0.314 e. The number of imide groups is 1. The second kappa shape index (κ2) is 7.03. The minimum Gasteiger partial charge on any atom is -0.346 e. The van der Waals surface area contributed by atoms with E-state index in [2.05, 4.69) is 15.6 Å². The van der Waals surface area contributed by atoms with Gasteiger partial charge in [-0.25, -0.2) is 4.98 Å². The van der Waals surface area contributed by atoms with Gasteiger partial charge in [0.25, 0.3) is 5.24 Å². The normalized spacial score (nSPS) is 14.1. The Kier molecular flexibility index (Phi) is 5.10. The molecule has 0 aromatic carbocycles. The lowest BCUT2D eigenvalue weighted by Crippen LogP contribution is -2.41. The van der Waals surface area contributed by atoms with Gasteiger partial charge in [-0.3, -0.25) is 24.1 Å². The van der Waals surface area contributed by atoms with E-state index in [4.69, 9.17) is 0 Å². The Hall–Kier alpha value is -2.42. The lowest BCUT2D eigenvalue weighted by atomic mass is 10.3. The summed E-state index contributed by atoms with van der Waals surface area (Å²) < 4.78 is 0. The SMILES string of the molecule is Cc1cccc(NC(=O)C(=O)NCCN2C(=O)CSC2=O)n1. The van der Waals surface area contributed by atoms with Gasteiger partial charge < -0.3 is 10.6 Å². The van der Waals surface area contributed by atoms with Crippen LogP contribution >= 0.6 is 11.8 Å². The molecule has 4 amide bonds. The third-order valence-electron chi connectivity index (χ3n) is 2.80. The highest BCUT2D eigenvalue weighted by Gasteiger charge is 2.29. The van der Waals surface area contributed by atoms with E-state index in [1.165, 1.54) is 0 Å². The van der Waals surface area contributed by atoms with Crippen molar-refractivity contribution < 1.29 is 19.2 Å². The van der Waals surface area contributed by atoms with Crippen LogP contribution in [0.15, 0.2) is 18.2 Å². The molecule has 1 saturated heterocycles. The van der Waals surface area contributed by atoms with Crippen molar-refractivity contribution in [3.63, 3.8) is 0 Å². The Morgan fingerprint density at radius 3 is 2.73 bits per heavy atom. The Morgan fingerprint density at radius 2 is 2.09 bits per heavy atom. The first-order chi connectivity index (χ1) is 10.5. The van der Waals surface area contributed by atoms with Gasteiger partial charge in [0.1, 0.15) is 5.82 Å². The summed E-state index contributed by atoms with van der Waals surface area (Å²) in [5, 5.41) is 4.38. The molecule has 2 rings (SSSR count). The van der Waals surface area contributed by atoms with Crippen molar-refractivity contribution in [3.8, 4) is 0 Å². The van der Waals surface area contributed by atoms with Crippen molar-refractivity contribution >= 4 is 40.5 Å². The maximum atomic E-state index is 11.7. The van der Waals surface area contributed by atoms with Crippen molar-refractivity contribution in [2.24, 2.45) is 0 Å².